The second kappa shape index (κ2) is 6.95. The van der Waals surface area contributed by atoms with Crippen LogP contribution in [-0.2, 0) is 7.05 Å². The summed E-state index contributed by atoms with van der Waals surface area (Å²) in [5.74, 6) is 1.69. The number of hydrogen-bond donors (Lipinski definition) is 0. The van der Waals surface area contributed by atoms with Gasteiger partial charge in [0, 0.05) is 33.0 Å². The minimum absolute atomic E-state index is 0.0426. The highest BCUT2D eigenvalue weighted by molar-refractivity contribution is 5.92. The number of amides is 1. The normalized spacial score (nSPS) is 15.4. The molecule has 0 unspecified atom stereocenters. The van der Waals surface area contributed by atoms with Crippen molar-refractivity contribution < 1.29 is 14.3 Å². The molecule has 128 valence electrons. The number of carbonyl (C=O) groups excluding carboxylic acids is 1. The van der Waals surface area contributed by atoms with Gasteiger partial charge in [0.1, 0.15) is 23.3 Å². The number of nitrogens with zero attached hydrogens (tertiary/aromatic N) is 3. The third kappa shape index (κ3) is 3.53. The molecule has 1 aliphatic rings. The van der Waals surface area contributed by atoms with Gasteiger partial charge in [-0.05, 0) is 37.3 Å². The highest BCUT2D eigenvalue weighted by Gasteiger charge is 2.26. The maximum Gasteiger partial charge on any atom is 0.272 e. The lowest BCUT2D eigenvalue weighted by Crippen LogP contribution is -2.42. The Labute approximate surface area is 142 Å². The molecule has 6 nitrogen and oxygen atoms in total. The van der Waals surface area contributed by atoms with E-state index >= 15 is 0 Å². The van der Waals surface area contributed by atoms with Gasteiger partial charge in [-0.25, -0.2) is 0 Å². The molecule has 3 rings (SSSR count). The summed E-state index contributed by atoms with van der Waals surface area (Å²) in [4.78, 5) is 14.5. The van der Waals surface area contributed by atoms with Crippen molar-refractivity contribution in [2.45, 2.75) is 25.9 Å². The van der Waals surface area contributed by atoms with Crippen LogP contribution in [0.3, 0.4) is 0 Å². The Morgan fingerprint density at radius 2 is 1.79 bits per heavy atom. The molecule has 24 heavy (non-hydrogen) atoms. The second-order valence-corrected chi connectivity index (χ2v) is 6.08. The Morgan fingerprint density at radius 1 is 1.17 bits per heavy atom. The van der Waals surface area contributed by atoms with Crippen LogP contribution >= 0.6 is 0 Å². The molecule has 1 aromatic heterocycles. The smallest absolute Gasteiger partial charge is 0.272 e. The Kier molecular flexibility index (Phi) is 4.74. The first kappa shape index (κ1) is 16.4. The van der Waals surface area contributed by atoms with Gasteiger partial charge in [-0.3, -0.25) is 9.48 Å². The largest absolute Gasteiger partial charge is 0.497 e. The molecule has 0 bridgehead atoms. The van der Waals surface area contributed by atoms with E-state index in [4.69, 9.17) is 9.47 Å². The van der Waals surface area contributed by atoms with Gasteiger partial charge in [-0.1, -0.05) is 0 Å². The Morgan fingerprint density at radius 3 is 2.33 bits per heavy atom. The van der Waals surface area contributed by atoms with Crippen molar-refractivity contribution in [1.82, 2.24) is 14.7 Å². The van der Waals surface area contributed by atoms with Gasteiger partial charge in [-0.15, -0.1) is 0 Å². The molecule has 1 saturated heterocycles. The van der Waals surface area contributed by atoms with E-state index < -0.39 is 0 Å². The number of carbonyl (C=O) groups is 1. The van der Waals surface area contributed by atoms with Crippen molar-refractivity contribution in [3.8, 4) is 11.5 Å². The van der Waals surface area contributed by atoms with Crippen LogP contribution in [0, 0.1) is 6.92 Å². The monoisotopic (exact) mass is 329 g/mol. The molecule has 6 heteroatoms. The third-order valence-corrected chi connectivity index (χ3v) is 4.31. The van der Waals surface area contributed by atoms with E-state index in [0.29, 0.717) is 18.8 Å². The summed E-state index contributed by atoms with van der Waals surface area (Å²) < 4.78 is 12.8. The number of hydrogen-bond acceptors (Lipinski definition) is 4. The van der Waals surface area contributed by atoms with Crippen LogP contribution in [0.1, 0.15) is 29.0 Å². The van der Waals surface area contributed by atoms with E-state index in [1.807, 2.05) is 42.2 Å². The molecule has 0 saturated carbocycles. The first-order valence-corrected chi connectivity index (χ1v) is 8.17. The number of ether oxygens (including phenoxy) is 2. The van der Waals surface area contributed by atoms with Gasteiger partial charge < -0.3 is 14.4 Å². The van der Waals surface area contributed by atoms with Crippen LogP contribution in [-0.4, -0.2) is 46.9 Å². The number of aromatic nitrogens is 2. The van der Waals surface area contributed by atoms with E-state index in [2.05, 4.69) is 5.10 Å². The molecule has 1 fully saturated rings. The minimum Gasteiger partial charge on any atom is -0.497 e. The van der Waals surface area contributed by atoms with Crippen molar-refractivity contribution >= 4 is 5.91 Å². The molecule has 0 atom stereocenters. The van der Waals surface area contributed by atoms with Gasteiger partial charge in [0.05, 0.1) is 12.8 Å². The maximum atomic E-state index is 12.6. The summed E-state index contributed by atoms with van der Waals surface area (Å²) in [6, 6.07) is 9.43. The van der Waals surface area contributed by atoms with Crippen LogP contribution in [0.2, 0.25) is 0 Å². The molecular weight excluding hydrogens is 306 g/mol. The maximum absolute atomic E-state index is 12.6. The fraction of sp³-hybridized carbons (Fsp3) is 0.444. The number of aryl methyl sites for hydroxylation is 2. The Balaban J connectivity index is 1.55. The molecule has 1 aliphatic heterocycles. The topological polar surface area (TPSA) is 56.6 Å². The third-order valence-electron chi connectivity index (χ3n) is 4.31. The van der Waals surface area contributed by atoms with Crippen LogP contribution in [0.15, 0.2) is 30.3 Å². The van der Waals surface area contributed by atoms with E-state index in [0.717, 1.165) is 30.0 Å². The van der Waals surface area contributed by atoms with E-state index in [-0.39, 0.29) is 12.0 Å². The predicted octanol–water partition coefficient (Wildman–Crippen LogP) is 2.42. The Bertz CT molecular complexity index is 701. The molecule has 0 aliphatic carbocycles. The zero-order valence-corrected chi connectivity index (χ0v) is 14.4. The van der Waals surface area contributed by atoms with E-state index in [1.165, 1.54) is 0 Å². The minimum atomic E-state index is 0.0426. The van der Waals surface area contributed by atoms with Gasteiger partial charge in [0.2, 0.25) is 0 Å². The first-order chi connectivity index (χ1) is 11.6. The van der Waals surface area contributed by atoms with Crippen molar-refractivity contribution in [3.05, 3.63) is 41.7 Å². The summed E-state index contributed by atoms with van der Waals surface area (Å²) in [5.41, 5.74) is 1.50. The summed E-state index contributed by atoms with van der Waals surface area (Å²) in [7, 11) is 3.45. The summed E-state index contributed by atoms with van der Waals surface area (Å²) in [6.07, 6.45) is 1.79. The van der Waals surface area contributed by atoms with E-state index in [1.54, 1.807) is 18.8 Å². The molecule has 0 radical (unpaired) electrons. The fourth-order valence-corrected chi connectivity index (χ4v) is 3.00. The van der Waals surface area contributed by atoms with E-state index in [9.17, 15) is 4.79 Å². The van der Waals surface area contributed by atoms with Crippen molar-refractivity contribution in [1.29, 1.82) is 0 Å². The van der Waals surface area contributed by atoms with Gasteiger partial charge >= 0.3 is 0 Å². The molecule has 1 amide bonds. The van der Waals surface area contributed by atoms with Crippen molar-refractivity contribution in [2.24, 2.45) is 7.05 Å². The number of rotatable bonds is 4. The quantitative estimate of drug-likeness (QED) is 0.864. The lowest BCUT2D eigenvalue weighted by atomic mass is 10.1. The average molecular weight is 329 g/mol. The summed E-state index contributed by atoms with van der Waals surface area (Å²) >= 11 is 0. The molecule has 1 aromatic carbocycles. The number of methoxy groups -OCH3 is 1. The van der Waals surface area contributed by atoms with Gasteiger partial charge in [0.15, 0.2) is 0 Å². The lowest BCUT2D eigenvalue weighted by Gasteiger charge is -2.32. The highest BCUT2D eigenvalue weighted by Crippen LogP contribution is 2.22. The van der Waals surface area contributed by atoms with Crippen molar-refractivity contribution in [2.75, 3.05) is 20.2 Å². The highest BCUT2D eigenvalue weighted by atomic mass is 16.5. The zero-order valence-electron chi connectivity index (χ0n) is 14.4. The lowest BCUT2D eigenvalue weighted by molar-refractivity contribution is 0.0585. The average Bonchev–Trinajstić information content (AvgIpc) is 2.94. The first-order valence-electron chi connectivity index (χ1n) is 8.17. The molecule has 0 spiro atoms. The molecule has 2 aromatic rings. The summed E-state index contributed by atoms with van der Waals surface area (Å²) in [5, 5.41) is 4.25. The Hall–Kier alpha value is -2.50. The second-order valence-electron chi connectivity index (χ2n) is 6.08. The van der Waals surface area contributed by atoms with Crippen LogP contribution in [0.25, 0.3) is 0 Å². The number of benzene rings is 1. The summed E-state index contributed by atoms with van der Waals surface area (Å²) in [6.45, 7) is 3.29. The fourth-order valence-electron chi connectivity index (χ4n) is 3.00. The predicted molar refractivity (Wildman–Crippen MR) is 90.5 cm³/mol. The SMILES string of the molecule is COc1ccc(OC2CCN(C(=O)c3cc(C)nn3C)CC2)cc1. The van der Waals surface area contributed by atoms with Crippen LogP contribution in [0.5, 0.6) is 11.5 Å². The molecule has 0 N–H and O–H groups in total. The van der Waals surface area contributed by atoms with Crippen LogP contribution in [0.4, 0.5) is 0 Å². The van der Waals surface area contributed by atoms with Crippen molar-refractivity contribution in [3.63, 3.8) is 0 Å². The standard InChI is InChI=1S/C18H23N3O3/c1-13-12-17(20(2)19-13)18(22)21-10-8-16(9-11-21)24-15-6-4-14(23-3)5-7-15/h4-7,12,16H,8-11H2,1-3H3. The van der Waals surface area contributed by atoms with Gasteiger partial charge in [0.25, 0.3) is 5.91 Å². The molecular formula is C18H23N3O3. The number of piperidine rings is 1. The van der Waals surface area contributed by atoms with Gasteiger partial charge in [-0.2, -0.15) is 5.10 Å². The van der Waals surface area contributed by atoms with Crippen LogP contribution < -0.4 is 9.47 Å². The molecule has 2 heterocycles. The number of likely N-dealkylation sites (tertiary alicyclic amines) is 1. The zero-order chi connectivity index (χ0) is 17.1.